The molecule has 0 bridgehead atoms. The van der Waals surface area contributed by atoms with E-state index < -0.39 is 0 Å². The standard InChI is InChI=1S/C12H19N3O/c1-9-4-5-11(8-14-9)6-12(16)15(3)10(2)7-13/h4-5,8,10H,6-7,13H2,1-3H3. The van der Waals surface area contributed by atoms with E-state index in [-0.39, 0.29) is 11.9 Å². The average Bonchev–Trinajstić information content (AvgIpc) is 2.30. The van der Waals surface area contributed by atoms with Crippen LogP contribution in [0.15, 0.2) is 18.3 Å². The Kier molecular flexibility index (Phi) is 4.43. The van der Waals surface area contributed by atoms with E-state index in [0.29, 0.717) is 13.0 Å². The maximum Gasteiger partial charge on any atom is 0.227 e. The maximum absolute atomic E-state index is 11.8. The molecule has 0 spiro atoms. The predicted molar refractivity (Wildman–Crippen MR) is 64.0 cm³/mol. The molecule has 4 heteroatoms. The molecule has 1 aromatic heterocycles. The zero-order chi connectivity index (χ0) is 12.1. The van der Waals surface area contributed by atoms with Crippen LogP contribution in [0.5, 0.6) is 0 Å². The summed E-state index contributed by atoms with van der Waals surface area (Å²) in [5, 5.41) is 0. The molecule has 0 aromatic carbocycles. The first-order valence-corrected chi connectivity index (χ1v) is 5.42. The Hall–Kier alpha value is -1.42. The lowest BCUT2D eigenvalue weighted by molar-refractivity contribution is -0.130. The van der Waals surface area contributed by atoms with E-state index in [1.807, 2.05) is 26.0 Å². The van der Waals surface area contributed by atoms with E-state index >= 15 is 0 Å². The summed E-state index contributed by atoms with van der Waals surface area (Å²) < 4.78 is 0. The molecule has 1 amide bonds. The minimum Gasteiger partial charge on any atom is -0.341 e. The van der Waals surface area contributed by atoms with Crippen LogP contribution >= 0.6 is 0 Å². The van der Waals surface area contributed by atoms with E-state index in [4.69, 9.17) is 5.73 Å². The molecule has 1 heterocycles. The van der Waals surface area contributed by atoms with Gasteiger partial charge < -0.3 is 10.6 Å². The fraction of sp³-hybridized carbons (Fsp3) is 0.500. The molecule has 16 heavy (non-hydrogen) atoms. The lowest BCUT2D eigenvalue weighted by atomic mass is 10.1. The molecule has 1 unspecified atom stereocenters. The summed E-state index contributed by atoms with van der Waals surface area (Å²) in [4.78, 5) is 17.7. The third kappa shape index (κ3) is 3.31. The van der Waals surface area contributed by atoms with Crippen molar-refractivity contribution >= 4 is 5.91 Å². The van der Waals surface area contributed by atoms with Gasteiger partial charge in [0.2, 0.25) is 5.91 Å². The number of hydrogen-bond donors (Lipinski definition) is 1. The van der Waals surface area contributed by atoms with Gasteiger partial charge in [0.05, 0.1) is 6.42 Å². The topological polar surface area (TPSA) is 59.2 Å². The second kappa shape index (κ2) is 5.61. The first kappa shape index (κ1) is 12.6. The van der Waals surface area contributed by atoms with Crippen molar-refractivity contribution in [1.29, 1.82) is 0 Å². The number of pyridine rings is 1. The Balaban J connectivity index is 2.60. The molecular weight excluding hydrogens is 202 g/mol. The van der Waals surface area contributed by atoms with Crippen molar-refractivity contribution in [2.75, 3.05) is 13.6 Å². The van der Waals surface area contributed by atoms with Gasteiger partial charge in [-0.15, -0.1) is 0 Å². The van der Waals surface area contributed by atoms with Crippen LogP contribution in [0.3, 0.4) is 0 Å². The first-order valence-electron chi connectivity index (χ1n) is 5.42. The molecular formula is C12H19N3O. The van der Waals surface area contributed by atoms with Crippen molar-refractivity contribution < 1.29 is 4.79 Å². The Morgan fingerprint density at radius 2 is 2.25 bits per heavy atom. The first-order chi connectivity index (χ1) is 7.54. The van der Waals surface area contributed by atoms with Gasteiger partial charge in [-0.1, -0.05) is 6.07 Å². The Morgan fingerprint density at radius 1 is 1.56 bits per heavy atom. The minimum absolute atomic E-state index is 0.0728. The van der Waals surface area contributed by atoms with Crippen LogP contribution in [0.4, 0.5) is 0 Å². The van der Waals surface area contributed by atoms with E-state index in [1.165, 1.54) is 0 Å². The Bertz CT molecular complexity index is 348. The summed E-state index contributed by atoms with van der Waals surface area (Å²) in [6.07, 6.45) is 2.13. The number of nitrogens with zero attached hydrogens (tertiary/aromatic N) is 2. The number of aryl methyl sites for hydroxylation is 1. The summed E-state index contributed by atoms with van der Waals surface area (Å²) in [6, 6.07) is 3.92. The van der Waals surface area contributed by atoms with Crippen LogP contribution in [0, 0.1) is 6.92 Å². The van der Waals surface area contributed by atoms with Crippen LogP contribution in [0.1, 0.15) is 18.2 Å². The molecule has 0 radical (unpaired) electrons. The molecule has 0 fully saturated rings. The number of likely N-dealkylation sites (N-methyl/N-ethyl adjacent to an activating group) is 1. The third-order valence-corrected chi connectivity index (χ3v) is 2.72. The van der Waals surface area contributed by atoms with Crippen molar-refractivity contribution in [2.24, 2.45) is 5.73 Å². The zero-order valence-corrected chi connectivity index (χ0v) is 10.1. The lowest BCUT2D eigenvalue weighted by Crippen LogP contribution is -2.40. The van der Waals surface area contributed by atoms with E-state index in [2.05, 4.69) is 4.98 Å². The van der Waals surface area contributed by atoms with Gasteiger partial charge >= 0.3 is 0 Å². The predicted octanol–water partition coefficient (Wildman–Crippen LogP) is 0.738. The number of carbonyl (C=O) groups is 1. The number of amides is 1. The molecule has 0 aliphatic heterocycles. The monoisotopic (exact) mass is 221 g/mol. The van der Waals surface area contributed by atoms with Crippen LogP contribution in [-0.4, -0.2) is 35.4 Å². The summed E-state index contributed by atoms with van der Waals surface area (Å²) in [5.74, 6) is 0.0728. The van der Waals surface area contributed by atoms with Gasteiger partial charge in [-0.2, -0.15) is 0 Å². The molecule has 0 saturated carbocycles. The summed E-state index contributed by atoms with van der Waals surface area (Å²) in [6.45, 7) is 4.34. The fourth-order valence-electron chi connectivity index (χ4n) is 1.31. The zero-order valence-electron chi connectivity index (χ0n) is 10.1. The summed E-state index contributed by atoms with van der Waals surface area (Å²) in [7, 11) is 1.78. The van der Waals surface area contributed by atoms with Crippen LogP contribution in [0.2, 0.25) is 0 Å². The van der Waals surface area contributed by atoms with Gasteiger partial charge in [0.15, 0.2) is 0 Å². The molecule has 0 aliphatic carbocycles. The van der Waals surface area contributed by atoms with Gasteiger partial charge in [-0.25, -0.2) is 0 Å². The second-order valence-electron chi connectivity index (χ2n) is 4.07. The van der Waals surface area contributed by atoms with E-state index in [9.17, 15) is 4.79 Å². The average molecular weight is 221 g/mol. The highest BCUT2D eigenvalue weighted by atomic mass is 16.2. The molecule has 0 aliphatic rings. The SMILES string of the molecule is Cc1ccc(CC(=O)N(C)C(C)CN)cn1. The number of nitrogens with two attached hydrogens (primary N) is 1. The number of rotatable bonds is 4. The summed E-state index contributed by atoms with van der Waals surface area (Å²) in [5.41, 5.74) is 7.41. The van der Waals surface area contributed by atoms with Gasteiger partial charge in [0.25, 0.3) is 0 Å². The molecule has 1 aromatic rings. The quantitative estimate of drug-likeness (QED) is 0.815. The largest absolute Gasteiger partial charge is 0.341 e. The highest BCUT2D eigenvalue weighted by molar-refractivity contribution is 5.78. The van der Waals surface area contributed by atoms with Crippen LogP contribution in [-0.2, 0) is 11.2 Å². The number of carbonyl (C=O) groups excluding carboxylic acids is 1. The number of hydrogen-bond acceptors (Lipinski definition) is 3. The second-order valence-corrected chi connectivity index (χ2v) is 4.07. The molecule has 88 valence electrons. The van der Waals surface area contributed by atoms with Crippen molar-refractivity contribution in [3.05, 3.63) is 29.6 Å². The smallest absolute Gasteiger partial charge is 0.227 e. The summed E-state index contributed by atoms with van der Waals surface area (Å²) >= 11 is 0. The van der Waals surface area contributed by atoms with Crippen molar-refractivity contribution in [1.82, 2.24) is 9.88 Å². The minimum atomic E-state index is 0.0728. The molecule has 1 atom stereocenters. The third-order valence-electron chi connectivity index (χ3n) is 2.72. The molecule has 2 N–H and O–H groups in total. The number of aromatic nitrogens is 1. The lowest BCUT2D eigenvalue weighted by Gasteiger charge is -2.23. The highest BCUT2D eigenvalue weighted by Crippen LogP contribution is 2.04. The van der Waals surface area contributed by atoms with E-state index in [0.717, 1.165) is 11.3 Å². The molecule has 4 nitrogen and oxygen atoms in total. The van der Waals surface area contributed by atoms with Crippen LogP contribution < -0.4 is 5.73 Å². The van der Waals surface area contributed by atoms with Crippen LogP contribution in [0.25, 0.3) is 0 Å². The maximum atomic E-state index is 11.8. The highest BCUT2D eigenvalue weighted by Gasteiger charge is 2.14. The van der Waals surface area contributed by atoms with Gasteiger partial charge in [-0.3, -0.25) is 9.78 Å². The Labute approximate surface area is 96.5 Å². The molecule has 0 saturated heterocycles. The van der Waals surface area contributed by atoms with Crippen molar-refractivity contribution in [3.63, 3.8) is 0 Å². The fourth-order valence-corrected chi connectivity index (χ4v) is 1.31. The van der Waals surface area contributed by atoms with Gasteiger partial charge in [0.1, 0.15) is 0 Å². The molecule has 1 rings (SSSR count). The normalized spacial score (nSPS) is 12.2. The Morgan fingerprint density at radius 3 is 2.75 bits per heavy atom. The van der Waals surface area contributed by atoms with E-state index in [1.54, 1.807) is 18.1 Å². The van der Waals surface area contributed by atoms with Crippen molar-refractivity contribution in [2.45, 2.75) is 26.3 Å². The van der Waals surface area contributed by atoms with Crippen molar-refractivity contribution in [3.8, 4) is 0 Å². The van der Waals surface area contributed by atoms with Gasteiger partial charge in [0, 0.05) is 31.5 Å². The van der Waals surface area contributed by atoms with Gasteiger partial charge in [-0.05, 0) is 25.5 Å².